The van der Waals surface area contributed by atoms with E-state index in [1.807, 2.05) is 39.8 Å². The second kappa shape index (κ2) is 7.10. The number of amides is 1. The lowest BCUT2D eigenvalue weighted by Gasteiger charge is -2.33. The summed E-state index contributed by atoms with van der Waals surface area (Å²) >= 11 is 0. The highest BCUT2D eigenvalue weighted by Crippen LogP contribution is 2.24. The van der Waals surface area contributed by atoms with Crippen molar-refractivity contribution in [1.82, 2.24) is 24.8 Å². The number of hydrogen-bond acceptors (Lipinski definition) is 5. The van der Waals surface area contributed by atoms with Gasteiger partial charge in [0, 0.05) is 19.1 Å². The van der Waals surface area contributed by atoms with E-state index >= 15 is 0 Å². The monoisotopic (exact) mass is 368 g/mol. The Balaban J connectivity index is 1.75. The average molecular weight is 368 g/mol. The molecule has 1 unspecified atom stereocenters. The number of fused-ring (bicyclic) bond motifs is 1. The summed E-state index contributed by atoms with van der Waals surface area (Å²) in [6.45, 7) is 1.73. The minimum Gasteiger partial charge on any atom is -0.465 e. The van der Waals surface area contributed by atoms with Crippen molar-refractivity contribution in [3.8, 4) is 0 Å². The Bertz CT molecular complexity index is 1010. The van der Waals surface area contributed by atoms with Crippen LogP contribution >= 0.6 is 0 Å². The largest absolute Gasteiger partial charge is 0.465 e. The molecule has 3 N–H and O–H groups in total. The predicted molar refractivity (Wildman–Crippen MR) is 100 cm³/mol. The molecule has 27 heavy (non-hydrogen) atoms. The van der Waals surface area contributed by atoms with Crippen LogP contribution in [-0.4, -0.2) is 49.9 Å². The summed E-state index contributed by atoms with van der Waals surface area (Å²) in [6, 6.07) is 9.65. The van der Waals surface area contributed by atoms with Gasteiger partial charge in [0.1, 0.15) is 0 Å². The van der Waals surface area contributed by atoms with Gasteiger partial charge in [-0.15, -0.1) is 0 Å². The summed E-state index contributed by atoms with van der Waals surface area (Å²) in [5.74, 6) is 0.634. The van der Waals surface area contributed by atoms with Crippen molar-refractivity contribution in [2.75, 3.05) is 18.0 Å². The number of aromatic nitrogens is 4. The van der Waals surface area contributed by atoms with Crippen LogP contribution in [-0.2, 0) is 6.54 Å². The second-order valence-electron chi connectivity index (χ2n) is 6.62. The lowest BCUT2D eigenvalue weighted by Crippen LogP contribution is -2.48. The first kappa shape index (κ1) is 17.1. The molecule has 0 saturated carbocycles. The van der Waals surface area contributed by atoms with E-state index in [1.165, 1.54) is 6.33 Å². The third-order valence-electron chi connectivity index (χ3n) is 4.74. The Morgan fingerprint density at radius 1 is 1.33 bits per heavy atom. The minimum absolute atomic E-state index is 0.174. The molecule has 0 aliphatic carbocycles. The number of carboxylic acid groups (broad SMARTS) is 1. The van der Waals surface area contributed by atoms with Crippen molar-refractivity contribution in [3.63, 3.8) is 0 Å². The molecule has 4 rings (SSSR count). The van der Waals surface area contributed by atoms with Crippen molar-refractivity contribution < 1.29 is 9.90 Å². The number of aromatic amines is 1. The van der Waals surface area contributed by atoms with Gasteiger partial charge in [-0.2, -0.15) is 4.98 Å². The number of anilines is 1. The van der Waals surface area contributed by atoms with Crippen LogP contribution in [0.4, 0.5) is 10.7 Å². The first-order valence-corrected chi connectivity index (χ1v) is 8.84. The van der Waals surface area contributed by atoms with E-state index in [2.05, 4.69) is 20.3 Å². The standard InChI is InChI=1S/C18H20N6O3/c25-16-14-15(19-11-20-16)22-17(24(14)9-12-5-2-1-3-6-12)23-8-4-7-13(10-23)21-18(26)27/h1-3,5-6,11,13,21H,4,7-10H2,(H,26,27)(H,19,20,25). The molecular weight excluding hydrogens is 348 g/mol. The van der Waals surface area contributed by atoms with E-state index in [4.69, 9.17) is 5.11 Å². The Kier molecular flexibility index (Phi) is 4.49. The second-order valence-corrected chi connectivity index (χ2v) is 6.62. The fourth-order valence-corrected chi connectivity index (χ4v) is 3.57. The Hall–Kier alpha value is -3.36. The molecule has 0 bridgehead atoms. The fourth-order valence-electron chi connectivity index (χ4n) is 3.57. The molecule has 3 heterocycles. The number of carbonyl (C=O) groups is 1. The highest BCUT2D eigenvalue weighted by molar-refractivity contribution is 5.74. The maximum atomic E-state index is 12.4. The van der Waals surface area contributed by atoms with Gasteiger partial charge in [0.05, 0.1) is 12.9 Å². The number of benzene rings is 1. The lowest BCUT2D eigenvalue weighted by molar-refractivity contribution is 0.188. The molecule has 1 atom stereocenters. The summed E-state index contributed by atoms with van der Waals surface area (Å²) in [7, 11) is 0. The van der Waals surface area contributed by atoms with Crippen LogP contribution in [0.5, 0.6) is 0 Å². The number of H-pyrrole nitrogens is 1. The molecule has 1 aromatic carbocycles. The maximum Gasteiger partial charge on any atom is 0.404 e. The van der Waals surface area contributed by atoms with Gasteiger partial charge in [-0.25, -0.2) is 9.78 Å². The zero-order valence-electron chi connectivity index (χ0n) is 14.6. The SMILES string of the molecule is O=C(O)NC1CCCN(c2nc3nc[nH]c(=O)c3n2Cc2ccccc2)C1. The number of hydrogen-bond donors (Lipinski definition) is 3. The van der Waals surface area contributed by atoms with Crippen LogP contribution in [0.1, 0.15) is 18.4 Å². The number of rotatable bonds is 4. The van der Waals surface area contributed by atoms with Crippen LogP contribution in [0.2, 0.25) is 0 Å². The van der Waals surface area contributed by atoms with Crippen LogP contribution in [0.15, 0.2) is 41.5 Å². The average Bonchev–Trinajstić information content (AvgIpc) is 3.02. The first-order chi connectivity index (χ1) is 13.1. The molecule has 9 nitrogen and oxygen atoms in total. The van der Waals surface area contributed by atoms with Crippen LogP contribution < -0.4 is 15.8 Å². The molecule has 0 radical (unpaired) electrons. The highest BCUT2D eigenvalue weighted by Gasteiger charge is 2.26. The van der Waals surface area contributed by atoms with E-state index in [-0.39, 0.29) is 11.6 Å². The topological polar surface area (TPSA) is 116 Å². The third kappa shape index (κ3) is 3.48. The number of piperidine rings is 1. The normalized spacial score (nSPS) is 17.2. The quantitative estimate of drug-likeness (QED) is 0.641. The van der Waals surface area contributed by atoms with E-state index < -0.39 is 6.09 Å². The highest BCUT2D eigenvalue weighted by atomic mass is 16.4. The summed E-state index contributed by atoms with van der Waals surface area (Å²) in [5.41, 5.74) is 1.60. The molecule has 140 valence electrons. The van der Waals surface area contributed by atoms with E-state index in [9.17, 15) is 9.59 Å². The first-order valence-electron chi connectivity index (χ1n) is 8.84. The van der Waals surface area contributed by atoms with Gasteiger partial charge in [0.2, 0.25) is 5.95 Å². The summed E-state index contributed by atoms with van der Waals surface area (Å²) in [6.07, 6.45) is 1.93. The summed E-state index contributed by atoms with van der Waals surface area (Å²) in [5, 5.41) is 11.6. The number of nitrogens with one attached hydrogen (secondary N) is 2. The van der Waals surface area contributed by atoms with Crippen molar-refractivity contribution in [1.29, 1.82) is 0 Å². The molecule has 2 aromatic heterocycles. The minimum atomic E-state index is -1.03. The molecule has 1 fully saturated rings. The molecular formula is C18H20N6O3. The van der Waals surface area contributed by atoms with E-state index in [1.54, 1.807) is 0 Å². The molecule has 1 amide bonds. The fraction of sp³-hybridized carbons (Fsp3) is 0.333. The van der Waals surface area contributed by atoms with Crippen LogP contribution in [0, 0.1) is 0 Å². The van der Waals surface area contributed by atoms with Gasteiger partial charge in [-0.05, 0) is 18.4 Å². The summed E-state index contributed by atoms with van der Waals surface area (Å²) in [4.78, 5) is 36.9. The van der Waals surface area contributed by atoms with Gasteiger partial charge in [0.15, 0.2) is 11.2 Å². The van der Waals surface area contributed by atoms with Crippen LogP contribution in [0.25, 0.3) is 11.2 Å². The van der Waals surface area contributed by atoms with Gasteiger partial charge in [-0.1, -0.05) is 30.3 Å². The van der Waals surface area contributed by atoms with Crippen molar-refractivity contribution in [2.24, 2.45) is 0 Å². The van der Waals surface area contributed by atoms with E-state index in [0.717, 1.165) is 24.9 Å². The smallest absolute Gasteiger partial charge is 0.404 e. The van der Waals surface area contributed by atoms with Crippen molar-refractivity contribution >= 4 is 23.2 Å². The number of imidazole rings is 1. The van der Waals surface area contributed by atoms with Crippen molar-refractivity contribution in [2.45, 2.75) is 25.4 Å². The molecule has 1 aliphatic heterocycles. The van der Waals surface area contributed by atoms with Gasteiger partial charge in [0.25, 0.3) is 5.56 Å². The summed E-state index contributed by atoms with van der Waals surface area (Å²) < 4.78 is 1.86. The molecule has 9 heteroatoms. The molecule has 1 saturated heterocycles. The Morgan fingerprint density at radius 3 is 2.93 bits per heavy atom. The van der Waals surface area contributed by atoms with Crippen molar-refractivity contribution in [3.05, 3.63) is 52.6 Å². The van der Waals surface area contributed by atoms with E-state index in [0.29, 0.717) is 30.2 Å². The Labute approximate surface area is 154 Å². The molecule has 1 aliphatic rings. The number of nitrogens with zero attached hydrogens (tertiary/aromatic N) is 4. The van der Waals surface area contributed by atoms with Gasteiger partial charge in [-0.3, -0.25) is 9.36 Å². The molecule has 3 aromatic rings. The predicted octanol–water partition coefficient (Wildman–Crippen LogP) is 1.40. The van der Waals surface area contributed by atoms with Crippen LogP contribution in [0.3, 0.4) is 0 Å². The zero-order chi connectivity index (χ0) is 18.8. The van der Waals surface area contributed by atoms with Gasteiger partial charge >= 0.3 is 6.09 Å². The van der Waals surface area contributed by atoms with Gasteiger partial charge < -0.3 is 20.3 Å². The molecule has 0 spiro atoms. The maximum absolute atomic E-state index is 12.4. The Morgan fingerprint density at radius 2 is 2.15 bits per heavy atom. The lowest BCUT2D eigenvalue weighted by atomic mass is 10.1. The third-order valence-corrected chi connectivity index (χ3v) is 4.74. The zero-order valence-corrected chi connectivity index (χ0v) is 14.6.